The number of hydrogen-bond acceptors (Lipinski definition) is 3. The molecule has 0 aliphatic rings. The second kappa shape index (κ2) is 5.40. The van der Waals surface area contributed by atoms with Gasteiger partial charge in [-0.15, -0.1) is 0 Å². The first-order chi connectivity index (χ1) is 8.63. The largest absolute Gasteiger partial charge is 0.419 e. The predicted octanol–water partition coefficient (Wildman–Crippen LogP) is 2.71. The quantitative estimate of drug-likeness (QED) is 0.827. The summed E-state index contributed by atoms with van der Waals surface area (Å²) in [6.07, 6.45) is 4.50. The Bertz CT molecular complexity index is 583. The zero-order valence-corrected chi connectivity index (χ0v) is 11.0. The van der Waals surface area contributed by atoms with E-state index in [-0.39, 0.29) is 11.8 Å². The van der Waals surface area contributed by atoms with Crippen LogP contribution >= 0.6 is 0 Å². The molecule has 1 unspecified atom stereocenters. The topological polar surface area (TPSA) is 61.2 Å². The van der Waals surface area contributed by atoms with Crippen molar-refractivity contribution in [3.8, 4) is 0 Å². The zero-order valence-electron chi connectivity index (χ0n) is 11.0. The zero-order chi connectivity index (χ0) is 13.1. The third-order valence-corrected chi connectivity index (χ3v) is 3.36. The molecule has 1 aromatic heterocycles. The summed E-state index contributed by atoms with van der Waals surface area (Å²) in [6, 6.07) is 5.78. The molecule has 0 aliphatic carbocycles. The Labute approximate surface area is 106 Å². The Morgan fingerprint density at radius 3 is 2.89 bits per heavy atom. The lowest BCUT2D eigenvalue weighted by molar-refractivity contribution is 0.526. The van der Waals surface area contributed by atoms with E-state index >= 15 is 0 Å². The molecule has 0 amide bonds. The van der Waals surface area contributed by atoms with Crippen LogP contribution in [0.4, 0.5) is 0 Å². The molecular formula is C14H20N2O2. The van der Waals surface area contributed by atoms with Crippen LogP contribution in [0, 0.1) is 0 Å². The average molecular weight is 248 g/mol. The number of hydrogen-bond donors (Lipinski definition) is 1. The molecule has 0 bridgehead atoms. The molecule has 0 saturated carbocycles. The van der Waals surface area contributed by atoms with Crippen molar-refractivity contribution in [3.63, 3.8) is 0 Å². The van der Waals surface area contributed by atoms with E-state index in [1.54, 1.807) is 7.05 Å². The van der Waals surface area contributed by atoms with Gasteiger partial charge in [-0.25, -0.2) is 4.79 Å². The van der Waals surface area contributed by atoms with Crippen molar-refractivity contribution in [2.45, 2.75) is 38.6 Å². The maximum Gasteiger partial charge on any atom is 0.419 e. The van der Waals surface area contributed by atoms with Gasteiger partial charge >= 0.3 is 5.76 Å². The number of aryl methyl sites for hydroxylation is 1. The van der Waals surface area contributed by atoms with Gasteiger partial charge in [0, 0.05) is 13.1 Å². The Kier molecular flexibility index (Phi) is 3.87. The lowest BCUT2D eigenvalue weighted by atomic mass is 10.0. The summed E-state index contributed by atoms with van der Waals surface area (Å²) < 4.78 is 6.67. The van der Waals surface area contributed by atoms with Crippen LogP contribution in [0.5, 0.6) is 0 Å². The maximum atomic E-state index is 11.4. The number of nitrogens with two attached hydrogens (primary N) is 1. The van der Waals surface area contributed by atoms with Gasteiger partial charge in [0.15, 0.2) is 5.58 Å². The van der Waals surface area contributed by atoms with Gasteiger partial charge in [0.05, 0.1) is 5.52 Å². The summed E-state index contributed by atoms with van der Waals surface area (Å²) in [5.41, 5.74) is 8.61. The summed E-state index contributed by atoms with van der Waals surface area (Å²) >= 11 is 0. The van der Waals surface area contributed by atoms with E-state index < -0.39 is 0 Å². The molecule has 2 aromatic rings. The highest BCUT2D eigenvalue weighted by Gasteiger charge is 2.10. The van der Waals surface area contributed by atoms with Crippen LogP contribution < -0.4 is 11.5 Å². The second-order valence-corrected chi connectivity index (χ2v) is 4.76. The SMILES string of the molecule is CCCCCC(N)c1ccc2c(c1)oc(=O)n2C. The first kappa shape index (κ1) is 12.9. The minimum Gasteiger partial charge on any atom is -0.408 e. The van der Waals surface area contributed by atoms with Gasteiger partial charge < -0.3 is 10.2 Å². The van der Waals surface area contributed by atoms with Crippen LogP contribution in [0.2, 0.25) is 0 Å². The maximum absolute atomic E-state index is 11.4. The van der Waals surface area contributed by atoms with E-state index in [4.69, 9.17) is 10.2 Å². The van der Waals surface area contributed by atoms with Crippen LogP contribution in [-0.2, 0) is 7.05 Å². The monoisotopic (exact) mass is 248 g/mol. The van der Waals surface area contributed by atoms with Gasteiger partial charge in [-0.05, 0) is 24.1 Å². The fourth-order valence-electron chi connectivity index (χ4n) is 2.16. The first-order valence-electron chi connectivity index (χ1n) is 6.48. The summed E-state index contributed by atoms with van der Waals surface area (Å²) in [6.45, 7) is 2.18. The van der Waals surface area contributed by atoms with Crippen LogP contribution in [0.1, 0.15) is 44.2 Å². The number of oxazole rings is 1. The molecule has 2 N–H and O–H groups in total. The number of fused-ring (bicyclic) bond motifs is 1. The van der Waals surface area contributed by atoms with E-state index in [9.17, 15) is 4.79 Å². The molecule has 4 heteroatoms. The Hall–Kier alpha value is -1.55. The molecule has 0 fully saturated rings. The first-order valence-corrected chi connectivity index (χ1v) is 6.48. The standard InChI is InChI=1S/C14H20N2O2/c1-3-4-5-6-11(15)10-7-8-12-13(9-10)18-14(17)16(12)2/h7-9,11H,3-6,15H2,1-2H3. The summed E-state index contributed by atoms with van der Waals surface area (Å²) in [5.74, 6) is -0.332. The van der Waals surface area contributed by atoms with Crippen molar-refractivity contribution in [3.05, 3.63) is 34.3 Å². The molecule has 1 atom stereocenters. The number of unbranched alkanes of at least 4 members (excludes halogenated alkanes) is 2. The number of aromatic nitrogens is 1. The van der Waals surface area contributed by atoms with Crippen molar-refractivity contribution < 1.29 is 4.42 Å². The second-order valence-electron chi connectivity index (χ2n) is 4.76. The molecule has 18 heavy (non-hydrogen) atoms. The lowest BCUT2D eigenvalue weighted by Crippen LogP contribution is -2.10. The van der Waals surface area contributed by atoms with E-state index in [2.05, 4.69) is 6.92 Å². The van der Waals surface area contributed by atoms with Crippen LogP contribution in [0.15, 0.2) is 27.4 Å². The highest BCUT2D eigenvalue weighted by atomic mass is 16.4. The summed E-state index contributed by atoms with van der Waals surface area (Å²) in [4.78, 5) is 11.4. The van der Waals surface area contributed by atoms with Crippen molar-refractivity contribution in [2.24, 2.45) is 12.8 Å². The number of nitrogens with zero attached hydrogens (tertiary/aromatic N) is 1. The summed E-state index contributed by atoms with van der Waals surface area (Å²) in [7, 11) is 1.70. The molecule has 0 saturated heterocycles. The van der Waals surface area contributed by atoms with Gasteiger partial charge in [0.2, 0.25) is 0 Å². The van der Waals surface area contributed by atoms with Crippen molar-refractivity contribution in [2.75, 3.05) is 0 Å². The molecule has 0 spiro atoms. The predicted molar refractivity (Wildman–Crippen MR) is 72.5 cm³/mol. The third kappa shape index (κ3) is 2.48. The smallest absolute Gasteiger partial charge is 0.408 e. The minimum atomic E-state index is -0.332. The molecule has 0 radical (unpaired) electrons. The van der Waals surface area contributed by atoms with Crippen molar-refractivity contribution in [1.82, 2.24) is 4.57 Å². The lowest BCUT2D eigenvalue weighted by Gasteiger charge is -2.11. The minimum absolute atomic E-state index is 0.0199. The fourth-order valence-corrected chi connectivity index (χ4v) is 2.16. The summed E-state index contributed by atoms with van der Waals surface area (Å²) in [5, 5.41) is 0. The highest BCUT2D eigenvalue weighted by molar-refractivity contribution is 5.73. The Morgan fingerprint density at radius 2 is 2.17 bits per heavy atom. The van der Waals surface area contributed by atoms with Gasteiger partial charge in [0.1, 0.15) is 0 Å². The number of rotatable bonds is 5. The van der Waals surface area contributed by atoms with Crippen molar-refractivity contribution >= 4 is 11.1 Å². The highest BCUT2D eigenvalue weighted by Crippen LogP contribution is 2.21. The van der Waals surface area contributed by atoms with Crippen LogP contribution in [0.3, 0.4) is 0 Å². The van der Waals surface area contributed by atoms with Crippen LogP contribution in [0.25, 0.3) is 11.1 Å². The van der Waals surface area contributed by atoms with Gasteiger partial charge in [-0.3, -0.25) is 4.57 Å². The Morgan fingerprint density at radius 1 is 1.39 bits per heavy atom. The molecule has 2 rings (SSSR count). The van der Waals surface area contributed by atoms with Gasteiger partial charge in [-0.2, -0.15) is 0 Å². The van der Waals surface area contributed by atoms with Crippen LogP contribution in [-0.4, -0.2) is 4.57 Å². The fraction of sp³-hybridized carbons (Fsp3) is 0.500. The van der Waals surface area contributed by atoms with Gasteiger partial charge in [0.25, 0.3) is 0 Å². The third-order valence-electron chi connectivity index (χ3n) is 3.36. The molecule has 1 aromatic carbocycles. The van der Waals surface area contributed by atoms with Crippen molar-refractivity contribution in [1.29, 1.82) is 0 Å². The van der Waals surface area contributed by atoms with E-state index in [1.165, 1.54) is 17.4 Å². The normalized spacial score (nSPS) is 13.1. The van der Waals surface area contributed by atoms with E-state index in [1.807, 2.05) is 18.2 Å². The Balaban J connectivity index is 2.21. The molecule has 98 valence electrons. The number of benzene rings is 1. The molecule has 0 aliphatic heterocycles. The molecular weight excluding hydrogens is 228 g/mol. The average Bonchev–Trinajstić information content (AvgIpc) is 2.65. The van der Waals surface area contributed by atoms with E-state index in [0.717, 1.165) is 23.9 Å². The molecule has 4 nitrogen and oxygen atoms in total. The van der Waals surface area contributed by atoms with Gasteiger partial charge in [-0.1, -0.05) is 32.3 Å². The van der Waals surface area contributed by atoms with E-state index in [0.29, 0.717) is 5.58 Å². The molecule has 1 heterocycles.